The first-order chi connectivity index (χ1) is 14.9. The Morgan fingerprint density at radius 3 is 2.03 bits per heavy atom. The van der Waals surface area contributed by atoms with Crippen LogP contribution in [0.2, 0.25) is 0 Å². The first-order valence-electron chi connectivity index (χ1n) is 10.4. The van der Waals surface area contributed by atoms with Gasteiger partial charge >= 0.3 is 0 Å². The number of carbonyl (C=O) groups is 1. The number of benzene rings is 3. The maximum Gasteiger partial charge on any atom is 0.240 e. The van der Waals surface area contributed by atoms with Gasteiger partial charge in [0.1, 0.15) is 0 Å². The quantitative estimate of drug-likeness (QED) is 0.504. The molecule has 0 aliphatic rings. The van der Waals surface area contributed by atoms with Gasteiger partial charge in [0.15, 0.2) is 0 Å². The monoisotopic (exact) mass is 436 g/mol. The average molecular weight is 437 g/mol. The van der Waals surface area contributed by atoms with Crippen molar-refractivity contribution in [1.82, 2.24) is 10.0 Å². The van der Waals surface area contributed by atoms with E-state index >= 15 is 0 Å². The number of amides is 1. The molecular formula is C25H28N2O3S. The summed E-state index contributed by atoms with van der Waals surface area (Å²) in [5, 5.41) is 2.99. The molecule has 0 saturated heterocycles. The van der Waals surface area contributed by atoms with Crippen LogP contribution in [0.4, 0.5) is 0 Å². The molecule has 0 aliphatic heterocycles. The third-order valence-electron chi connectivity index (χ3n) is 5.10. The summed E-state index contributed by atoms with van der Waals surface area (Å²) in [6.45, 7) is 2.30. The molecule has 0 bridgehead atoms. The van der Waals surface area contributed by atoms with Crippen molar-refractivity contribution < 1.29 is 13.2 Å². The van der Waals surface area contributed by atoms with Crippen molar-refractivity contribution in [2.75, 3.05) is 6.54 Å². The largest absolute Gasteiger partial charge is 0.350 e. The summed E-state index contributed by atoms with van der Waals surface area (Å²) in [6.07, 6.45) is 1.53. The topological polar surface area (TPSA) is 75.3 Å². The van der Waals surface area contributed by atoms with Crippen LogP contribution in [-0.2, 0) is 27.7 Å². The average Bonchev–Trinajstić information content (AvgIpc) is 2.79. The highest BCUT2D eigenvalue weighted by Crippen LogP contribution is 2.14. The molecule has 1 amide bonds. The Labute approximate surface area is 184 Å². The van der Waals surface area contributed by atoms with Crippen LogP contribution in [-0.4, -0.2) is 20.9 Å². The fourth-order valence-electron chi connectivity index (χ4n) is 3.29. The molecule has 0 saturated carbocycles. The van der Waals surface area contributed by atoms with E-state index in [1.54, 1.807) is 24.3 Å². The summed E-state index contributed by atoms with van der Waals surface area (Å²) in [7, 11) is -3.55. The summed E-state index contributed by atoms with van der Waals surface area (Å²) in [5.74, 6) is -0.0318. The molecule has 6 heteroatoms. The molecule has 0 heterocycles. The molecular weight excluding hydrogens is 408 g/mol. The molecule has 162 valence electrons. The van der Waals surface area contributed by atoms with Crippen molar-refractivity contribution in [1.29, 1.82) is 0 Å². The Hall–Kier alpha value is -2.96. The number of rotatable bonds is 10. The zero-order valence-electron chi connectivity index (χ0n) is 17.6. The van der Waals surface area contributed by atoms with E-state index in [1.165, 1.54) is 0 Å². The van der Waals surface area contributed by atoms with Crippen LogP contribution in [0.1, 0.15) is 36.1 Å². The second-order valence-corrected chi connectivity index (χ2v) is 9.24. The van der Waals surface area contributed by atoms with Crippen LogP contribution >= 0.6 is 0 Å². The molecule has 1 atom stereocenters. The van der Waals surface area contributed by atoms with Crippen LogP contribution in [0.25, 0.3) is 0 Å². The van der Waals surface area contributed by atoms with Gasteiger partial charge in [-0.25, -0.2) is 13.1 Å². The predicted molar refractivity (Wildman–Crippen MR) is 123 cm³/mol. The Morgan fingerprint density at radius 2 is 1.39 bits per heavy atom. The lowest BCUT2D eigenvalue weighted by Gasteiger charge is -2.14. The molecule has 3 aromatic carbocycles. The highest BCUT2D eigenvalue weighted by Gasteiger charge is 2.14. The molecule has 3 aromatic rings. The molecule has 0 aliphatic carbocycles. The number of nitrogens with one attached hydrogen (secondary N) is 2. The lowest BCUT2D eigenvalue weighted by atomic mass is 10.1. The SMILES string of the molecule is C[C@H](NC(=O)CCc1ccc(S(=O)(=O)NCCc2ccccc2)cc1)c1ccccc1. The van der Waals surface area contributed by atoms with Gasteiger partial charge in [0.25, 0.3) is 0 Å². The number of hydrogen-bond donors (Lipinski definition) is 2. The van der Waals surface area contributed by atoms with Crippen molar-refractivity contribution >= 4 is 15.9 Å². The van der Waals surface area contributed by atoms with Gasteiger partial charge in [-0.3, -0.25) is 4.79 Å². The van der Waals surface area contributed by atoms with Gasteiger partial charge in [-0.15, -0.1) is 0 Å². The minimum atomic E-state index is -3.55. The van der Waals surface area contributed by atoms with Gasteiger partial charge in [-0.1, -0.05) is 72.8 Å². The first-order valence-corrected chi connectivity index (χ1v) is 11.9. The van der Waals surface area contributed by atoms with Crippen molar-refractivity contribution in [2.24, 2.45) is 0 Å². The second kappa shape index (κ2) is 10.9. The highest BCUT2D eigenvalue weighted by atomic mass is 32.2. The van der Waals surface area contributed by atoms with E-state index < -0.39 is 10.0 Å². The van der Waals surface area contributed by atoms with Crippen molar-refractivity contribution in [3.63, 3.8) is 0 Å². The van der Waals surface area contributed by atoms with Gasteiger partial charge in [-0.05, 0) is 48.6 Å². The fraction of sp³-hybridized carbons (Fsp3) is 0.240. The summed E-state index contributed by atoms with van der Waals surface area (Å²) >= 11 is 0. The fourth-order valence-corrected chi connectivity index (χ4v) is 4.32. The summed E-state index contributed by atoms with van der Waals surface area (Å²) in [5.41, 5.74) is 3.07. The van der Waals surface area contributed by atoms with E-state index in [0.29, 0.717) is 25.8 Å². The third kappa shape index (κ3) is 7.05. The zero-order chi connectivity index (χ0) is 22.1. The molecule has 3 rings (SSSR count). The van der Waals surface area contributed by atoms with E-state index in [0.717, 1.165) is 16.7 Å². The molecule has 0 fully saturated rings. The molecule has 0 unspecified atom stereocenters. The van der Waals surface area contributed by atoms with Crippen LogP contribution < -0.4 is 10.0 Å². The van der Waals surface area contributed by atoms with Gasteiger partial charge in [0.05, 0.1) is 10.9 Å². The molecule has 0 spiro atoms. The molecule has 31 heavy (non-hydrogen) atoms. The van der Waals surface area contributed by atoms with Crippen molar-refractivity contribution in [3.8, 4) is 0 Å². The normalized spacial score (nSPS) is 12.3. The number of hydrogen-bond acceptors (Lipinski definition) is 3. The minimum Gasteiger partial charge on any atom is -0.350 e. The minimum absolute atomic E-state index is 0.0318. The Morgan fingerprint density at radius 1 is 0.806 bits per heavy atom. The molecule has 0 aromatic heterocycles. The number of sulfonamides is 1. The first kappa shape index (κ1) is 22.7. The highest BCUT2D eigenvalue weighted by molar-refractivity contribution is 7.89. The summed E-state index contributed by atoms with van der Waals surface area (Å²) in [4.78, 5) is 12.5. The Balaban J connectivity index is 1.47. The van der Waals surface area contributed by atoms with Gasteiger partial charge in [-0.2, -0.15) is 0 Å². The van der Waals surface area contributed by atoms with Crippen molar-refractivity contribution in [2.45, 2.75) is 37.1 Å². The molecule has 0 radical (unpaired) electrons. The van der Waals surface area contributed by atoms with Crippen LogP contribution in [0.3, 0.4) is 0 Å². The standard InChI is InChI=1S/C25H28N2O3S/c1-20(23-10-6-3-7-11-23)27-25(28)17-14-22-12-15-24(16-13-22)31(29,30)26-19-18-21-8-4-2-5-9-21/h2-13,15-16,20,26H,14,17-19H2,1H3,(H,27,28)/t20-/m0/s1. The maximum absolute atomic E-state index is 12.5. The van der Waals surface area contributed by atoms with Crippen LogP contribution in [0.5, 0.6) is 0 Å². The Bertz CT molecular complexity index is 1070. The van der Waals surface area contributed by atoms with Crippen LogP contribution in [0.15, 0.2) is 89.8 Å². The molecule has 2 N–H and O–H groups in total. The lowest BCUT2D eigenvalue weighted by Crippen LogP contribution is -2.27. The van der Waals surface area contributed by atoms with E-state index in [1.807, 2.05) is 67.6 Å². The van der Waals surface area contributed by atoms with Gasteiger partial charge in [0.2, 0.25) is 15.9 Å². The van der Waals surface area contributed by atoms with Gasteiger partial charge in [0, 0.05) is 13.0 Å². The zero-order valence-corrected chi connectivity index (χ0v) is 18.4. The maximum atomic E-state index is 12.5. The third-order valence-corrected chi connectivity index (χ3v) is 6.58. The second-order valence-electron chi connectivity index (χ2n) is 7.48. The number of carbonyl (C=O) groups excluding carboxylic acids is 1. The predicted octanol–water partition coefficient (Wildman–Crippen LogP) is 4.02. The van der Waals surface area contributed by atoms with Gasteiger partial charge < -0.3 is 5.32 Å². The van der Waals surface area contributed by atoms with E-state index in [9.17, 15) is 13.2 Å². The summed E-state index contributed by atoms with van der Waals surface area (Å²) < 4.78 is 27.6. The van der Waals surface area contributed by atoms with Crippen molar-refractivity contribution in [3.05, 3.63) is 102 Å². The van der Waals surface area contributed by atoms with E-state index in [2.05, 4.69) is 10.0 Å². The van der Waals surface area contributed by atoms with Crippen LogP contribution in [0, 0.1) is 0 Å². The Kier molecular flexibility index (Phi) is 7.98. The molecule has 5 nitrogen and oxygen atoms in total. The summed E-state index contributed by atoms with van der Waals surface area (Å²) in [6, 6.07) is 26.2. The smallest absolute Gasteiger partial charge is 0.240 e. The van der Waals surface area contributed by atoms with E-state index in [-0.39, 0.29) is 16.8 Å². The van der Waals surface area contributed by atoms with E-state index in [4.69, 9.17) is 0 Å². The number of aryl methyl sites for hydroxylation is 1. The lowest BCUT2D eigenvalue weighted by molar-refractivity contribution is -0.121.